The van der Waals surface area contributed by atoms with Crippen LogP contribution in [0.3, 0.4) is 0 Å². The Balaban J connectivity index is 0.000000186. The maximum Gasteiger partial charge on any atom is 0.345 e. The molecule has 81 heavy (non-hydrogen) atoms. The number of nitrogen functional groups attached to an aromatic ring is 1. The van der Waals surface area contributed by atoms with E-state index in [0.29, 0.717) is 35.2 Å². The number of aliphatic hydroxyl groups is 3. The summed E-state index contributed by atoms with van der Waals surface area (Å²) in [5.74, 6) is -1.40. The van der Waals surface area contributed by atoms with E-state index in [1.165, 1.54) is 13.8 Å². The number of hydrogen-bond acceptors (Lipinski definition) is 18. The number of rotatable bonds is 8. The van der Waals surface area contributed by atoms with Crippen molar-refractivity contribution >= 4 is 23.6 Å². The average Bonchev–Trinajstić information content (AvgIpc) is 1.10. The summed E-state index contributed by atoms with van der Waals surface area (Å²) in [5.41, 5.74) is 2.29. The molecule has 5 aromatic rings. The van der Waals surface area contributed by atoms with Gasteiger partial charge in [0.2, 0.25) is 0 Å². The fourth-order valence-corrected chi connectivity index (χ4v) is 16.1. The van der Waals surface area contributed by atoms with E-state index in [-0.39, 0.29) is 83.0 Å². The topological polar surface area (TPSA) is 270 Å². The highest BCUT2D eigenvalue weighted by atomic mass is 16.6. The second-order valence-electron chi connectivity index (χ2n) is 25.3. The van der Waals surface area contributed by atoms with Crippen LogP contribution in [0, 0.1) is 57.2 Å². The maximum absolute atomic E-state index is 13.6. The minimum absolute atomic E-state index is 0.0379. The number of hydrogen-bond donors (Lipinski definition) is 4. The number of aliphatic hydroxyl groups excluding tert-OH is 3. The number of fused-ring (bicyclic) bond motifs is 8. The standard InChI is InChI=1S/C35H40N2O8.C28H35NO7/c1-19-12-13-33(3)26(34(19,4)18-42-20(2)38)16-27(44-31(40)21-8-10-23(36)11-9-21)35(5)30(33)29(39)28-25(45-35)15-24(43-32(28)41)22-7-6-14-37-17-22;1-15-8-9-26(3)20(27(15,4)14-34-16(2)30)12-21(31)28(5)24(26)23(32)22-19(36-28)11-18(35-25(22)33)17-7-6-10-29-13-17/h6-11,14-15,17,19,26-27,29-30,39H,12-13,16,18,36H2,1-5H3;6-7,10-11,13,15,20-21,23-24,31-32H,8-9,12,14H2,1-5H3/t19-,26?,27-,29-,30?,33-,34?,35+;15-,20?,21-,23-,24?,26-,27?,28+/m00/s1. The minimum atomic E-state index is -1.28. The molecule has 1 aromatic carbocycles. The molecule has 4 saturated carbocycles. The summed E-state index contributed by atoms with van der Waals surface area (Å²) in [6, 6.07) is 16.7. The molecule has 11 rings (SSSR count). The van der Waals surface area contributed by atoms with Crippen LogP contribution in [0.2, 0.25) is 0 Å². The highest BCUT2D eigenvalue weighted by molar-refractivity contribution is 5.90. The van der Waals surface area contributed by atoms with Gasteiger partial charge in [0.1, 0.15) is 51.5 Å². The van der Waals surface area contributed by atoms with Gasteiger partial charge in [-0.3, -0.25) is 19.6 Å². The number of nitrogens with two attached hydrogens (primary N) is 1. The van der Waals surface area contributed by atoms with Crippen LogP contribution in [-0.4, -0.2) is 79.8 Å². The van der Waals surface area contributed by atoms with Gasteiger partial charge in [-0.15, -0.1) is 0 Å². The number of pyridine rings is 2. The molecule has 0 radical (unpaired) electrons. The van der Waals surface area contributed by atoms with Crippen LogP contribution in [0.1, 0.15) is 141 Å². The highest BCUT2D eigenvalue weighted by Crippen LogP contribution is 2.70. The summed E-state index contributed by atoms with van der Waals surface area (Å²) in [4.78, 5) is 72.3. The Morgan fingerprint density at radius 2 is 1.10 bits per heavy atom. The molecular weight excluding hydrogens is 1040 g/mol. The van der Waals surface area contributed by atoms with Crippen LogP contribution in [-0.2, 0) is 23.8 Å². The van der Waals surface area contributed by atoms with Crippen molar-refractivity contribution in [2.24, 2.45) is 57.2 Å². The number of nitrogens with zero attached hydrogens (tertiary/aromatic N) is 2. The van der Waals surface area contributed by atoms with E-state index < -0.39 is 86.3 Å². The van der Waals surface area contributed by atoms with E-state index in [1.807, 2.05) is 13.8 Å². The third-order valence-corrected chi connectivity index (χ3v) is 20.8. The molecule has 0 saturated heterocycles. The first-order chi connectivity index (χ1) is 38.2. The fraction of sp³-hybridized carbons (Fsp3) is 0.540. The molecular formula is C63H75N3O15. The van der Waals surface area contributed by atoms with Crippen molar-refractivity contribution in [3.8, 4) is 34.1 Å². The number of carbonyl (C=O) groups is 3. The third-order valence-electron chi connectivity index (χ3n) is 20.8. The second-order valence-corrected chi connectivity index (χ2v) is 25.3. The molecule has 4 fully saturated rings. The van der Waals surface area contributed by atoms with Gasteiger partial charge in [0.05, 0.1) is 37.1 Å². The zero-order valence-corrected chi connectivity index (χ0v) is 47.7. The lowest BCUT2D eigenvalue weighted by Crippen LogP contribution is -2.70. The molecule has 6 aliphatic rings. The van der Waals surface area contributed by atoms with Gasteiger partial charge in [0, 0.05) is 90.2 Å². The molecule has 0 amide bonds. The van der Waals surface area contributed by atoms with E-state index in [9.17, 15) is 39.3 Å². The highest BCUT2D eigenvalue weighted by Gasteiger charge is 2.71. The monoisotopic (exact) mass is 1110 g/mol. The molecule has 0 bridgehead atoms. The van der Waals surface area contributed by atoms with Crippen molar-refractivity contribution in [2.45, 2.75) is 143 Å². The smallest absolute Gasteiger partial charge is 0.345 e. The average molecular weight is 1110 g/mol. The van der Waals surface area contributed by atoms with Crippen molar-refractivity contribution in [1.82, 2.24) is 9.97 Å². The number of esters is 3. The molecule has 5 N–H and O–H groups in total. The van der Waals surface area contributed by atoms with Crippen molar-refractivity contribution in [2.75, 3.05) is 18.9 Å². The molecule has 0 spiro atoms. The summed E-state index contributed by atoms with van der Waals surface area (Å²) in [5, 5.41) is 35.6. The van der Waals surface area contributed by atoms with Crippen molar-refractivity contribution in [1.29, 1.82) is 0 Å². The van der Waals surface area contributed by atoms with Gasteiger partial charge in [0.25, 0.3) is 0 Å². The summed E-state index contributed by atoms with van der Waals surface area (Å²) in [6.07, 6.45) is 6.21. The number of carbonyl (C=O) groups excluding carboxylic acids is 3. The summed E-state index contributed by atoms with van der Waals surface area (Å²) < 4.78 is 42.1. The fourth-order valence-electron chi connectivity index (χ4n) is 16.1. The second kappa shape index (κ2) is 20.8. The van der Waals surface area contributed by atoms with Crippen LogP contribution in [0.15, 0.2) is 104 Å². The number of benzene rings is 1. The molecule has 432 valence electrons. The molecule has 16 atom stereocenters. The molecule has 18 heteroatoms. The van der Waals surface area contributed by atoms with E-state index >= 15 is 0 Å². The van der Waals surface area contributed by atoms with Crippen molar-refractivity contribution in [3.05, 3.63) is 123 Å². The van der Waals surface area contributed by atoms with Crippen LogP contribution >= 0.6 is 0 Å². The van der Waals surface area contributed by atoms with E-state index in [0.717, 1.165) is 25.7 Å². The van der Waals surface area contributed by atoms with Gasteiger partial charge in [-0.05, 0) is 135 Å². The zero-order chi connectivity index (χ0) is 58.4. The summed E-state index contributed by atoms with van der Waals surface area (Å²) in [7, 11) is 0. The Morgan fingerprint density at radius 3 is 1.54 bits per heavy atom. The molecule has 4 aliphatic carbocycles. The van der Waals surface area contributed by atoms with Crippen LogP contribution in [0.5, 0.6) is 11.5 Å². The Labute approximate surface area is 470 Å². The predicted octanol–water partition coefficient (Wildman–Crippen LogP) is 9.22. The van der Waals surface area contributed by atoms with Gasteiger partial charge in [-0.2, -0.15) is 0 Å². The minimum Gasteiger partial charge on any atom is -0.484 e. The Bertz CT molecular complexity index is 3340. The summed E-state index contributed by atoms with van der Waals surface area (Å²) >= 11 is 0. The zero-order valence-electron chi connectivity index (χ0n) is 47.7. The SMILES string of the molecule is CC(=O)OCC1(C)C2C[C@H](O)[C@@]3(C)Oc4cc(-c5cccnc5)oc(=O)c4[C@H](O)C3[C@@]2(C)CC[C@@H]1C.CC(=O)OCC1(C)C2C[C@H](OC(=O)c3ccc(N)cc3)[C@@]3(C)Oc4cc(-c5cccnc5)oc(=O)c4[C@H](O)C3[C@@]2(C)CC[C@@H]1C. The van der Waals surface area contributed by atoms with Crippen molar-refractivity contribution < 1.29 is 62.2 Å². The van der Waals surface area contributed by atoms with E-state index in [4.69, 9.17) is 38.3 Å². The van der Waals surface area contributed by atoms with Gasteiger partial charge < -0.3 is 53.6 Å². The normalized spacial score (nSPS) is 36.1. The van der Waals surface area contributed by atoms with Crippen LogP contribution < -0.4 is 26.5 Å². The van der Waals surface area contributed by atoms with Crippen LogP contribution in [0.4, 0.5) is 5.69 Å². The van der Waals surface area contributed by atoms with E-state index in [1.54, 1.807) is 85.5 Å². The lowest BCUT2D eigenvalue weighted by molar-refractivity contribution is -0.257. The third kappa shape index (κ3) is 9.52. The van der Waals surface area contributed by atoms with E-state index in [2.05, 4.69) is 51.5 Å². The predicted molar refractivity (Wildman–Crippen MR) is 296 cm³/mol. The Hall–Kier alpha value is -6.89. The number of aromatic nitrogens is 2. The quantitative estimate of drug-likeness (QED) is 0.0640. The van der Waals surface area contributed by atoms with Gasteiger partial charge >= 0.3 is 29.2 Å². The molecule has 4 aromatic heterocycles. The first-order valence-electron chi connectivity index (χ1n) is 28.1. The first-order valence-corrected chi connectivity index (χ1v) is 28.1. The lowest BCUT2D eigenvalue weighted by Gasteiger charge is -2.66. The molecule has 6 heterocycles. The Kier molecular flexibility index (Phi) is 14.7. The molecule has 2 aliphatic heterocycles. The van der Waals surface area contributed by atoms with Gasteiger partial charge in [-0.25, -0.2) is 14.4 Å². The maximum atomic E-state index is 13.6. The Morgan fingerprint density at radius 1 is 0.654 bits per heavy atom. The van der Waals surface area contributed by atoms with Crippen LogP contribution in [0.25, 0.3) is 22.6 Å². The van der Waals surface area contributed by atoms with Gasteiger partial charge in [0.15, 0.2) is 0 Å². The molecule has 6 unspecified atom stereocenters. The number of ether oxygens (including phenoxy) is 5. The van der Waals surface area contributed by atoms with Crippen molar-refractivity contribution in [3.63, 3.8) is 0 Å². The largest absolute Gasteiger partial charge is 0.484 e. The lowest BCUT2D eigenvalue weighted by atomic mass is 9.41. The first kappa shape index (κ1) is 57.3. The number of anilines is 1. The molecule has 18 nitrogen and oxygen atoms in total. The summed E-state index contributed by atoms with van der Waals surface area (Å²) in [6.45, 7) is 19.6. The van der Waals surface area contributed by atoms with Gasteiger partial charge in [-0.1, -0.05) is 41.5 Å².